The summed E-state index contributed by atoms with van der Waals surface area (Å²) in [5.74, 6) is 2.48. The fourth-order valence-electron chi connectivity index (χ4n) is 4.13. The number of aryl methyl sites for hydroxylation is 2. The number of rotatable bonds is 3. The van der Waals surface area contributed by atoms with Gasteiger partial charge >= 0.3 is 0 Å². The lowest BCUT2D eigenvalue weighted by Gasteiger charge is -2.16. The first-order chi connectivity index (χ1) is 13.2. The van der Waals surface area contributed by atoms with Gasteiger partial charge in [-0.25, -0.2) is 9.13 Å². The highest BCUT2D eigenvalue weighted by atomic mass is 127. The summed E-state index contributed by atoms with van der Waals surface area (Å²) in [4.78, 5) is 2.45. The van der Waals surface area contributed by atoms with Crippen LogP contribution in [-0.4, -0.2) is 28.3 Å². The van der Waals surface area contributed by atoms with Crippen molar-refractivity contribution in [3.05, 3.63) is 45.2 Å². The summed E-state index contributed by atoms with van der Waals surface area (Å²) in [6.45, 7) is 8.57. The zero-order valence-electron chi connectivity index (χ0n) is 16.2. The van der Waals surface area contributed by atoms with Crippen molar-refractivity contribution >= 4 is 44.3 Å². The summed E-state index contributed by atoms with van der Waals surface area (Å²) in [5, 5.41) is 10.8. The SMILES string of the molecule is CCN1CCSC1=CC=C1CCC[n+]2c1n(CC)c1cc(Br)c(C#N)cc12.[I-]. The maximum atomic E-state index is 9.43. The highest BCUT2D eigenvalue weighted by Gasteiger charge is 2.31. The van der Waals surface area contributed by atoms with Gasteiger partial charge in [-0.3, -0.25) is 0 Å². The Balaban J connectivity index is 0.00000225. The van der Waals surface area contributed by atoms with Crippen LogP contribution in [0.25, 0.3) is 16.6 Å². The van der Waals surface area contributed by atoms with Crippen LogP contribution in [-0.2, 0) is 13.1 Å². The third kappa shape index (κ3) is 3.75. The number of aromatic nitrogens is 2. The standard InChI is InChI=1S/C21H24BrN4S.HI/c1-3-24-10-11-27-20(24)8-7-15-6-5-9-26-18-12-16(14-23)17(22)13-19(18)25(4-2)21(15)26;/h7-8,12-13H,3-6,9-11H2,1-2H3;1H/q+1;/p-1. The zero-order valence-corrected chi connectivity index (χ0v) is 20.8. The Morgan fingerprint density at radius 2 is 2.11 bits per heavy atom. The van der Waals surface area contributed by atoms with E-state index in [0.717, 1.165) is 49.0 Å². The molecule has 0 unspecified atom stereocenters. The largest absolute Gasteiger partial charge is 1.00 e. The van der Waals surface area contributed by atoms with Gasteiger partial charge in [0, 0.05) is 41.0 Å². The molecule has 3 heterocycles. The lowest BCUT2D eigenvalue weighted by molar-refractivity contribution is -0.678. The number of benzene rings is 1. The molecular formula is C21H24BrIN4S. The minimum absolute atomic E-state index is 0. The number of nitriles is 1. The molecule has 0 bridgehead atoms. The number of thioether (sulfide) groups is 1. The first kappa shape index (κ1) is 21.7. The van der Waals surface area contributed by atoms with Gasteiger partial charge in [0.25, 0.3) is 5.82 Å². The van der Waals surface area contributed by atoms with Crippen LogP contribution >= 0.6 is 27.7 Å². The summed E-state index contributed by atoms with van der Waals surface area (Å²) < 4.78 is 5.67. The Labute approximate surface area is 196 Å². The summed E-state index contributed by atoms with van der Waals surface area (Å²) in [7, 11) is 0. The first-order valence-corrected chi connectivity index (χ1v) is 11.4. The molecule has 0 amide bonds. The van der Waals surface area contributed by atoms with E-state index in [1.807, 2.05) is 17.8 Å². The monoisotopic (exact) mass is 570 g/mol. The smallest absolute Gasteiger partial charge is 0.285 e. The van der Waals surface area contributed by atoms with E-state index in [1.165, 1.54) is 27.7 Å². The molecule has 1 aromatic carbocycles. The predicted octanol–water partition coefficient (Wildman–Crippen LogP) is 1.67. The van der Waals surface area contributed by atoms with Crippen LogP contribution in [0.5, 0.6) is 0 Å². The van der Waals surface area contributed by atoms with Crippen LogP contribution in [0, 0.1) is 11.3 Å². The van der Waals surface area contributed by atoms with Crippen molar-refractivity contribution in [1.29, 1.82) is 5.26 Å². The van der Waals surface area contributed by atoms with Gasteiger partial charge in [0.1, 0.15) is 6.07 Å². The maximum absolute atomic E-state index is 9.43. The zero-order chi connectivity index (χ0) is 19.0. The Morgan fingerprint density at radius 1 is 1.29 bits per heavy atom. The second-order valence-electron chi connectivity index (χ2n) is 6.88. The number of nitrogens with zero attached hydrogens (tertiary/aromatic N) is 4. The van der Waals surface area contributed by atoms with Crippen LogP contribution in [0.1, 0.15) is 38.1 Å². The molecular weight excluding hydrogens is 547 g/mol. The minimum atomic E-state index is 0. The van der Waals surface area contributed by atoms with Gasteiger partial charge in [-0.15, -0.1) is 11.8 Å². The normalized spacial score (nSPS) is 19.1. The summed E-state index contributed by atoms with van der Waals surface area (Å²) in [6.07, 6.45) is 6.87. The van der Waals surface area contributed by atoms with E-state index in [0.29, 0.717) is 5.56 Å². The molecule has 7 heteroatoms. The fraction of sp³-hybridized carbons (Fsp3) is 0.429. The van der Waals surface area contributed by atoms with E-state index in [1.54, 1.807) is 0 Å². The van der Waals surface area contributed by atoms with Gasteiger partial charge in [0.2, 0.25) is 0 Å². The van der Waals surface area contributed by atoms with E-state index >= 15 is 0 Å². The maximum Gasteiger partial charge on any atom is 0.285 e. The van der Waals surface area contributed by atoms with Crippen molar-refractivity contribution in [2.24, 2.45) is 0 Å². The predicted molar refractivity (Wildman–Crippen MR) is 115 cm³/mol. The van der Waals surface area contributed by atoms with Crippen molar-refractivity contribution in [3.63, 3.8) is 0 Å². The van der Waals surface area contributed by atoms with Crippen molar-refractivity contribution < 1.29 is 28.5 Å². The van der Waals surface area contributed by atoms with E-state index < -0.39 is 0 Å². The topological polar surface area (TPSA) is 35.8 Å². The molecule has 28 heavy (non-hydrogen) atoms. The first-order valence-electron chi connectivity index (χ1n) is 9.62. The molecule has 0 radical (unpaired) electrons. The summed E-state index contributed by atoms with van der Waals surface area (Å²) >= 11 is 5.52. The van der Waals surface area contributed by atoms with E-state index in [-0.39, 0.29) is 24.0 Å². The highest BCUT2D eigenvalue weighted by molar-refractivity contribution is 9.10. The Kier molecular flexibility index (Phi) is 7.16. The lowest BCUT2D eigenvalue weighted by Crippen LogP contribution is -3.00. The number of allylic oxidation sites excluding steroid dienone is 3. The van der Waals surface area contributed by atoms with Gasteiger partial charge < -0.3 is 28.9 Å². The minimum Gasteiger partial charge on any atom is -1.00 e. The summed E-state index contributed by atoms with van der Waals surface area (Å²) in [5.41, 5.74) is 4.45. The van der Waals surface area contributed by atoms with E-state index in [4.69, 9.17) is 0 Å². The molecule has 2 aromatic rings. The Hall–Kier alpha value is -0.980. The summed E-state index contributed by atoms with van der Waals surface area (Å²) in [6, 6.07) is 6.44. The molecule has 4 rings (SSSR count). The number of halogens is 2. The number of fused-ring (bicyclic) bond motifs is 3. The van der Waals surface area contributed by atoms with Crippen molar-refractivity contribution in [2.45, 2.75) is 39.8 Å². The molecule has 0 aliphatic carbocycles. The molecule has 2 aliphatic rings. The Bertz CT molecular complexity index is 1000. The average Bonchev–Trinajstić information content (AvgIpc) is 3.27. The number of hydrogen-bond donors (Lipinski definition) is 0. The molecule has 0 saturated carbocycles. The average molecular weight is 571 g/mol. The third-order valence-electron chi connectivity index (χ3n) is 5.44. The van der Waals surface area contributed by atoms with Gasteiger partial charge in [-0.1, -0.05) is 0 Å². The molecule has 0 N–H and O–H groups in total. The Morgan fingerprint density at radius 3 is 2.82 bits per heavy atom. The van der Waals surface area contributed by atoms with Crippen molar-refractivity contribution in [1.82, 2.24) is 9.47 Å². The van der Waals surface area contributed by atoms with Crippen LogP contribution in [0.15, 0.2) is 33.8 Å². The molecule has 0 spiro atoms. The molecule has 148 valence electrons. The number of hydrogen-bond acceptors (Lipinski definition) is 3. The van der Waals surface area contributed by atoms with Gasteiger partial charge in [-0.05, 0) is 54.8 Å². The van der Waals surface area contributed by atoms with E-state index in [2.05, 4.69) is 68.1 Å². The quantitative estimate of drug-likeness (QED) is 0.416. The van der Waals surface area contributed by atoms with Crippen LogP contribution in [0.4, 0.5) is 0 Å². The highest BCUT2D eigenvalue weighted by Crippen LogP contribution is 2.32. The van der Waals surface area contributed by atoms with E-state index in [9.17, 15) is 5.26 Å². The lowest BCUT2D eigenvalue weighted by atomic mass is 10.1. The number of imidazole rings is 1. The van der Waals surface area contributed by atoms with Gasteiger partial charge in [0.05, 0.1) is 23.7 Å². The van der Waals surface area contributed by atoms with Crippen molar-refractivity contribution in [2.75, 3.05) is 18.8 Å². The fourth-order valence-corrected chi connectivity index (χ4v) is 5.64. The van der Waals surface area contributed by atoms with Gasteiger partial charge in [-0.2, -0.15) is 5.26 Å². The second-order valence-corrected chi connectivity index (χ2v) is 8.85. The second kappa shape index (κ2) is 9.23. The molecule has 1 fully saturated rings. The molecule has 1 aromatic heterocycles. The van der Waals surface area contributed by atoms with Crippen LogP contribution < -0.4 is 28.5 Å². The molecule has 0 atom stereocenters. The third-order valence-corrected chi connectivity index (χ3v) is 7.17. The molecule has 1 saturated heterocycles. The van der Waals surface area contributed by atoms with Crippen molar-refractivity contribution in [3.8, 4) is 6.07 Å². The van der Waals surface area contributed by atoms with Crippen LogP contribution in [0.2, 0.25) is 0 Å². The molecule has 4 nitrogen and oxygen atoms in total. The molecule has 2 aliphatic heterocycles. The van der Waals surface area contributed by atoms with Gasteiger partial charge in [0.15, 0.2) is 11.0 Å². The van der Waals surface area contributed by atoms with Crippen LogP contribution in [0.3, 0.4) is 0 Å².